The molecule has 2 amide bonds. The second kappa shape index (κ2) is 9.47. The molecule has 2 heterocycles. The molecule has 0 bridgehead atoms. The predicted molar refractivity (Wildman–Crippen MR) is 111 cm³/mol. The highest BCUT2D eigenvalue weighted by atomic mass is 19.1. The van der Waals surface area contributed by atoms with E-state index in [1.807, 2.05) is 13.8 Å². The number of piperidine rings is 1. The summed E-state index contributed by atoms with van der Waals surface area (Å²) < 4.78 is 20.0. The average molecular weight is 428 g/mol. The maximum absolute atomic E-state index is 13.2. The number of anilines is 2. The molecule has 1 aromatic heterocycles. The van der Waals surface area contributed by atoms with Gasteiger partial charge in [0.1, 0.15) is 11.4 Å². The van der Waals surface area contributed by atoms with Crippen LogP contribution in [0.1, 0.15) is 36.7 Å². The number of likely N-dealkylation sites (tertiary alicyclic amines) is 1. The van der Waals surface area contributed by atoms with Crippen molar-refractivity contribution < 1.29 is 18.7 Å². The molecule has 2 atom stereocenters. The SMILES string of the molecule is CC(C)COC(=O)N1CC[C@@H](C#N)C(n2cc(C(N)=O)c(Nc3ccc(F)cc3)n2)C1. The van der Waals surface area contributed by atoms with Gasteiger partial charge in [0.2, 0.25) is 0 Å². The van der Waals surface area contributed by atoms with E-state index in [1.165, 1.54) is 35.1 Å². The quantitative estimate of drug-likeness (QED) is 0.728. The lowest BCUT2D eigenvalue weighted by Gasteiger charge is -2.35. The lowest BCUT2D eigenvalue weighted by Crippen LogP contribution is -2.45. The largest absolute Gasteiger partial charge is 0.449 e. The number of hydrogen-bond acceptors (Lipinski definition) is 6. The number of hydrogen-bond donors (Lipinski definition) is 2. The summed E-state index contributed by atoms with van der Waals surface area (Å²) in [6.45, 7) is 4.81. The van der Waals surface area contributed by atoms with Gasteiger partial charge in [-0.3, -0.25) is 9.48 Å². The highest BCUT2D eigenvalue weighted by molar-refractivity contribution is 5.98. The highest BCUT2D eigenvalue weighted by Crippen LogP contribution is 2.30. The van der Waals surface area contributed by atoms with Crippen molar-refractivity contribution in [3.05, 3.63) is 41.8 Å². The van der Waals surface area contributed by atoms with Crippen molar-refractivity contribution in [2.45, 2.75) is 26.3 Å². The van der Waals surface area contributed by atoms with Crippen LogP contribution in [0, 0.1) is 29.0 Å². The molecule has 10 heteroatoms. The zero-order chi connectivity index (χ0) is 22.5. The van der Waals surface area contributed by atoms with Gasteiger partial charge in [0.05, 0.1) is 24.6 Å². The number of halogens is 1. The molecule has 1 aromatic carbocycles. The zero-order valence-corrected chi connectivity index (χ0v) is 17.4. The molecule has 9 nitrogen and oxygen atoms in total. The van der Waals surface area contributed by atoms with Crippen LogP contribution >= 0.6 is 0 Å². The third-order valence-corrected chi connectivity index (χ3v) is 4.99. The molecule has 0 spiro atoms. The normalized spacial score (nSPS) is 18.5. The van der Waals surface area contributed by atoms with Crippen LogP contribution in [0.4, 0.5) is 20.7 Å². The molecule has 31 heavy (non-hydrogen) atoms. The summed E-state index contributed by atoms with van der Waals surface area (Å²) in [6, 6.07) is 7.34. The Labute approximate surface area is 179 Å². The molecule has 3 N–H and O–H groups in total. The van der Waals surface area contributed by atoms with Crippen molar-refractivity contribution in [1.29, 1.82) is 5.26 Å². The number of nitrogens with zero attached hydrogens (tertiary/aromatic N) is 4. The number of aromatic nitrogens is 2. The summed E-state index contributed by atoms with van der Waals surface area (Å²) in [6.07, 6.45) is 1.47. The Bertz CT molecular complexity index is 982. The predicted octanol–water partition coefficient (Wildman–Crippen LogP) is 3.04. The Morgan fingerprint density at radius 1 is 1.39 bits per heavy atom. The number of rotatable bonds is 6. The highest BCUT2D eigenvalue weighted by Gasteiger charge is 2.35. The van der Waals surface area contributed by atoms with Crippen molar-refractivity contribution in [2.24, 2.45) is 17.6 Å². The van der Waals surface area contributed by atoms with Crippen molar-refractivity contribution in [2.75, 3.05) is 25.0 Å². The minimum Gasteiger partial charge on any atom is -0.449 e. The molecule has 1 unspecified atom stereocenters. The molecule has 2 aromatic rings. The fourth-order valence-corrected chi connectivity index (χ4v) is 3.35. The number of nitrogens with one attached hydrogen (secondary N) is 1. The van der Waals surface area contributed by atoms with Crippen molar-refractivity contribution in [3.8, 4) is 6.07 Å². The Kier molecular flexibility index (Phi) is 6.74. The first-order chi connectivity index (χ1) is 14.8. The van der Waals surface area contributed by atoms with Gasteiger partial charge in [0.25, 0.3) is 5.91 Å². The second-order valence-electron chi connectivity index (χ2n) is 7.88. The van der Waals surface area contributed by atoms with Crippen LogP contribution in [-0.2, 0) is 4.74 Å². The van der Waals surface area contributed by atoms with Crippen LogP contribution in [0.3, 0.4) is 0 Å². The molecule has 1 aliphatic heterocycles. The number of primary amides is 1. The summed E-state index contributed by atoms with van der Waals surface area (Å²) in [4.78, 5) is 25.9. The minimum absolute atomic E-state index is 0.125. The molecule has 1 fully saturated rings. The summed E-state index contributed by atoms with van der Waals surface area (Å²) in [5.41, 5.74) is 6.15. The number of carbonyl (C=O) groups is 2. The summed E-state index contributed by atoms with van der Waals surface area (Å²) in [5.74, 6) is -1.10. The van der Waals surface area contributed by atoms with E-state index in [0.717, 1.165) is 0 Å². The summed E-state index contributed by atoms with van der Waals surface area (Å²) in [5, 5.41) is 17.0. The topological polar surface area (TPSA) is 126 Å². The molecule has 3 rings (SSSR count). The first-order valence-electron chi connectivity index (χ1n) is 10.0. The zero-order valence-electron chi connectivity index (χ0n) is 17.4. The lowest BCUT2D eigenvalue weighted by atomic mass is 9.93. The van der Waals surface area contributed by atoms with E-state index in [2.05, 4.69) is 16.5 Å². The van der Waals surface area contributed by atoms with Gasteiger partial charge in [-0.1, -0.05) is 13.8 Å². The van der Waals surface area contributed by atoms with Gasteiger partial charge in [-0.25, -0.2) is 9.18 Å². The molecule has 164 valence electrons. The van der Waals surface area contributed by atoms with Gasteiger partial charge in [-0.05, 0) is 36.6 Å². The Morgan fingerprint density at radius 3 is 2.71 bits per heavy atom. The molecular weight excluding hydrogens is 403 g/mol. The standard InChI is InChI=1S/C21H25FN6O3/c1-13(2)12-31-21(30)27-8-7-14(9-23)18(11-27)28-10-17(19(24)29)20(26-28)25-16-5-3-15(22)4-6-16/h3-6,10,13-14,18H,7-8,11-12H2,1-2H3,(H2,24,29)(H,25,26)/t14-,18?/m0/s1. The van der Waals surface area contributed by atoms with Gasteiger partial charge in [-0.15, -0.1) is 0 Å². The molecule has 0 aliphatic carbocycles. The fraction of sp³-hybridized carbons (Fsp3) is 0.429. The van der Waals surface area contributed by atoms with Crippen LogP contribution in [0.25, 0.3) is 0 Å². The van der Waals surface area contributed by atoms with E-state index in [9.17, 15) is 19.2 Å². The van der Waals surface area contributed by atoms with Crippen molar-refractivity contribution >= 4 is 23.5 Å². The van der Waals surface area contributed by atoms with Gasteiger partial charge in [0.15, 0.2) is 5.82 Å². The molecule has 0 radical (unpaired) electrons. The monoisotopic (exact) mass is 428 g/mol. The molecule has 1 aliphatic rings. The smallest absolute Gasteiger partial charge is 0.409 e. The van der Waals surface area contributed by atoms with Gasteiger partial charge < -0.3 is 20.7 Å². The minimum atomic E-state index is -0.701. The van der Waals surface area contributed by atoms with Gasteiger partial charge in [-0.2, -0.15) is 10.4 Å². The maximum atomic E-state index is 13.2. The van der Waals surface area contributed by atoms with E-state index in [4.69, 9.17) is 10.5 Å². The lowest BCUT2D eigenvalue weighted by molar-refractivity contribution is 0.0688. The van der Waals surface area contributed by atoms with Crippen LogP contribution in [0.15, 0.2) is 30.5 Å². The van der Waals surface area contributed by atoms with E-state index in [1.54, 1.807) is 4.90 Å². The van der Waals surface area contributed by atoms with E-state index in [-0.39, 0.29) is 23.8 Å². The van der Waals surface area contributed by atoms with Crippen LogP contribution in [0.2, 0.25) is 0 Å². The molecule has 1 saturated heterocycles. The van der Waals surface area contributed by atoms with E-state index >= 15 is 0 Å². The Morgan fingerprint density at radius 2 is 2.10 bits per heavy atom. The second-order valence-corrected chi connectivity index (χ2v) is 7.88. The fourth-order valence-electron chi connectivity index (χ4n) is 3.35. The number of nitrogens with two attached hydrogens (primary N) is 1. The van der Waals surface area contributed by atoms with Crippen LogP contribution in [-0.4, -0.2) is 46.4 Å². The first-order valence-corrected chi connectivity index (χ1v) is 10.0. The molecular formula is C21H25FN6O3. The average Bonchev–Trinajstić information content (AvgIpc) is 3.17. The summed E-state index contributed by atoms with van der Waals surface area (Å²) >= 11 is 0. The number of nitriles is 1. The number of ether oxygens (including phenoxy) is 1. The number of carbonyl (C=O) groups excluding carboxylic acids is 2. The van der Waals surface area contributed by atoms with Crippen LogP contribution in [0.5, 0.6) is 0 Å². The first kappa shape index (κ1) is 22.1. The Hall–Kier alpha value is -3.61. The van der Waals surface area contributed by atoms with Gasteiger partial charge >= 0.3 is 6.09 Å². The van der Waals surface area contributed by atoms with E-state index in [0.29, 0.717) is 25.3 Å². The third kappa shape index (κ3) is 5.31. The van der Waals surface area contributed by atoms with Crippen LogP contribution < -0.4 is 11.1 Å². The Balaban J connectivity index is 1.84. The third-order valence-electron chi connectivity index (χ3n) is 4.99. The van der Waals surface area contributed by atoms with Crippen molar-refractivity contribution in [1.82, 2.24) is 14.7 Å². The van der Waals surface area contributed by atoms with Crippen molar-refractivity contribution in [3.63, 3.8) is 0 Å². The number of benzene rings is 1. The van der Waals surface area contributed by atoms with Gasteiger partial charge in [0, 0.05) is 25.0 Å². The van der Waals surface area contributed by atoms with E-state index < -0.39 is 29.8 Å². The number of amides is 2. The maximum Gasteiger partial charge on any atom is 0.409 e. The molecule has 0 saturated carbocycles. The summed E-state index contributed by atoms with van der Waals surface area (Å²) in [7, 11) is 0.